The molecule has 2 rings (SSSR count). The molecule has 1 aliphatic rings. The van der Waals surface area contributed by atoms with Gasteiger partial charge in [0.1, 0.15) is 0 Å². The third-order valence-corrected chi connectivity index (χ3v) is 5.40. The Morgan fingerprint density at radius 2 is 2.00 bits per heavy atom. The first kappa shape index (κ1) is 16.3. The average Bonchev–Trinajstić information content (AvgIpc) is 2.42. The molecule has 112 valence electrons. The summed E-state index contributed by atoms with van der Waals surface area (Å²) in [5.41, 5.74) is 1.26. The third-order valence-electron chi connectivity index (χ3n) is 4.55. The molecule has 3 heteroatoms. The fourth-order valence-corrected chi connectivity index (χ4v) is 4.03. The summed E-state index contributed by atoms with van der Waals surface area (Å²) in [6.45, 7) is 5.61. The van der Waals surface area contributed by atoms with Gasteiger partial charge in [0.25, 0.3) is 0 Å². The summed E-state index contributed by atoms with van der Waals surface area (Å²) in [7, 11) is 0. The second kappa shape index (κ2) is 7.82. The number of hydrogen-bond donors (Lipinski definition) is 1. The van der Waals surface area contributed by atoms with E-state index in [0.29, 0.717) is 6.04 Å². The molecule has 0 spiro atoms. The Balaban J connectivity index is 2.04. The van der Waals surface area contributed by atoms with Crippen molar-refractivity contribution in [2.75, 3.05) is 6.54 Å². The Labute approximate surface area is 136 Å². The standard InChI is InChI=1S/C17H25BrClN/c1-3-20-17(13-6-4-12(2)5-7-13)10-14-8-9-15(18)11-16(14)19/h8-9,11-13,17,20H,3-7,10H2,1-2H3. The Morgan fingerprint density at radius 3 is 2.60 bits per heavy atom. The van der Waals surface area contributed by atoms with Crippen molar-refractivity contribution >= 4 is 27.5 Å². The molecule has 20 heavy (non-hydrogen) atoms. The van der Waals surface area contributed by atoms with Gasteiger partial charge in [0.2, 0.25) is 0 Å². The normalized spacial score (nSPS) is 24.6. The lowest BCUT2D eigenvalue weighted by atomic mass is 9.77. The van der Waals surface area contributed by atoms with Gasteiger partial charge in [-0.1, -0.05) is 60.3 Å². The zero-order chi connectivity index (χ0) is 14.5. The van der Waals surface area contributed by atoms with E-state index >= 15 is 0 Å². The summed E-state index contributed by atoms with van der Waals surface area (Å²) < 4.78 is 1.05. The van der Waals surface area contributed by atoms with Gasteiger partial charge in [-0.15, -0.1) is 0 Å². The molecule has 0 heterocycles. The Hall–Kier alpha value is -0.0500. The van der Waals surface area contributed by atoms with Crippen LogP contribution in [0.25, 0.3) is 0 Å². The van der Waals surface area contributed by atoms with Crippen molar-refractivity contribution in [1.29, 1.82) is 0 Å². The lowest BCUT2D eigenvalue weighted by molar-refractivity contribution is 0.230. The summed E-state index contributed by atoms with van der Waals surface area (Å²) in [4.78, 5) is 0. The highest BCUT2D eigenvalue weighted by molar-refractivity contribution is 9.10. The van der Waals surface area contributed by atoms with E-state index < -0.39 is 0 Å². The second-order valence-corrected chi connectivity index (χ2v) is 7.45. The molecule has 1 aromatic rings. The van der Waals surface area contributed by atoms with Gasteiger partial charge < -0.3 is 5.32 Å². The molecule has 0 radical (unpaired) electrons. The molecule has 1 N–H and O–H groups in total. The molecule has 0 bridgehead atoms. The van der Waals surface area contributed by atoms with Crippen LogP contribution >= 0.6 is 27.5 Å². The van der Waals surface area contributed by atoms with Gasteiger partial charge in [-0.2, -0.15) is 0 Å². The van der Waals surface area contributed by atoms with E-state index in [1.165, 1.54) is 31.2 Å². The number of hydrogen-bond acceptors (Lipinski definition) is 1. The van der Waals surface area contributed by atoms with Crippen LogP contribution in [-0.4, -0.2) is 12.6 Å². The maximum absolute atomic E-state index is 6.38. The first-order valence-corrected chi connectivity index (χ1v) is 8.94. The van der Waals surface area contributed by atoms with Crippen molar-refractivity contribution in [1.82, 2.24) is 5.32 Å². The minimum Gasteiger partial charge on any atom is -0.314 e. The molecule has 0 saturated heterocycles. The van der Waals surface area contributed by atoms with E-state index in [0.717, 1.165) is 34.3 Å². The van der Waals surface area contributed by atoms with Crippen LogP contribution in [0.5, 0.6) is 0 Å². The highest BCUT2D eigenvalue weighted by Gasteiger charge is 2.26. The van der Waals surface area contributed by atoms with E-state index in [4.69, 9.17) is 11.6 Å². The summed E-state index contributed by atoms with van der Waals surface area (Å²) in [6, 6.07) is 6.81. The molecule has 1 aliphatic carbocycles. The van der Waals surface area contributed by atoms with Gasteiger partial charge in [0.05, 0.1) is 0 Å². The molecule has 0 amide bonds. The summed E-state index contributed by atoms with van der Waals surface area (Å²) in [5.74, 6) is 1.70. The Morgan fingerprint density at radius 1 is 1.30 bits per heavy atom. The SMILES string of the molecule is CCNC(Cc1ccc(Br)cc1Cl)C1CCC(C)CC1. The fourth-order valence-electron chi connectivity index (χ4n) is 3.28. The maximum atomic E-state index is 6.38. The highest BCUT2D eigenvalue weighted by atomic mass is 79.9. The van der Waals surface area contributed by atoms with Gasteiger partial charge in [0, 0.05) is 15.5 Å². The topological polar surface area (TPSA) is 12.0 Å². The molecule has 1 saturated carbocycles. The quantitative estimate of drug-likeness (QED) is 0.738. The van der Waals surface area contributed by atoms with E-state index in [9.17, 15) is 0 Å². The first-order valence-electron chi connectivity index (χ1n) is 7.77. The van der Waals surface area contributed by atoms with Crippen molar-refractivity contribution in [3.8, 4) is 0 Å². The highest BCUT2D eigenvalue weighted by Crippen LogP contribution is 2.32. The molecule has 0 aliphatic heterocycles. The second-order valence-electron chi connectivity index (χ2n) is 6.12. The predicted octanol–water partition coefficient (Wildman–Crippen LogP) is 5.45. The molecular formula is C17H25BrClN. The molecule has 1 nitrogen and oxygen atoms in total. The lowest BCUT2D eigenvalue weighted by Gasteiger charge is -2.33. The van der Waals surface area contributed by atoms with Crippen LogP contribution in [0.1, 0.15) is 45.1 Å². The molecule has 1 atom stereocenters. The van der Waals surface area contributed by atoms with Gasteiger partial charge in [0.15, 0.2) is 0 Å². The largest absolute Gasteiger partial charge is 0.314 e. The zero-order valence-corrected chi connectivity index (χ0v) is 14.8. The average molecular weight is 359 g/mol. The monoisotopic (exact) mass is 357 g/mol. The summed E-state index contributed by atoms with van der Waals surface area (Å²) >= 11 is 9.85. The summed E-state index contributed by atoms with van der Waals surface area (Å²) in [5, 5.41) is 4.57. The van der Waals surface area contributed by atoms with E-state index in [1.807, 2.05) is 6.07 Å². The van der Waals surface area contributed by atoms with E-state index in [-0.39, 0.29) is 0 Å². The van der Waals surface area contributed by atoms with Crippen LogP contribution in [0.2, 0.25) is 5.02 Å². The predicted molar refractivity (Wildman–Crippen MR) is 91.4 cm³/mol. The number of benzene rings is 1. The van der Waals surface area contributed by atoms with E-state index in [2.05, 4.69) is 47.2 Å². The Bertz CT molecular complexity index is 427. The van der Waals surface area contributed by atoms with Gasteiger partial charge >= 0.3 is 0 Å². The molecule has 1 fully saturated rings. The van der Waals surface area contributed by atoms with Crippen LogP contribution in [0, 0.1) is 11.8 Å². The smallest absolute Gasteiger partial charge is 0.0449 e. The number of likely N-dealkylation sites (N-methyl/N-ethyl adjacent to an activating group) is 1. The van der Waals surface area contributed by atoms with Crippen molar-refractivity contribution in [3.05, 3.63) is 33.3 Å². The fraction of sp³-hybridized carbons (Fsp3) is 0.647. The van der Waals surface area contributed by atoms with E-state index in [1.54, 1.807) is 0 Å². The van der Waals surface area contributed by atoms with Crippen molar-refractivity contribution in [3.63, 3.8) is 0 Å². The number of rotatable bonds is 5. The van der Waals surface area contributed by atoms with Gasteiger partial charge in [-0.25, -0.2) is 0 Å². The zero-order valence-electron chi connectivity index (χ0n) is 12.5. The minimum absolute atomic E-state index is 0.561. The summed E-state index contributed by atoms with van der Waals surface area (Å²) in [6.07, 6.45) is 6.50. The van der Waals surface area contributed by atoms with Crippen LogP contribution in [-0.2, 0) is 6.42 Å². The van der Waals surface area contributed by atoms with Crippen molar-refractivity contribution < 1.29 is 0 Å². The van der Waals surface area contributed by atoms with Crippen LogP contribution < -0.4 is 5.32 Å². The van der Waals surface area contributed by atoms with Crippen molar-refractivity contribution in [2.24, 2.45) is 11.8 Å². The number of nitrogens with one attached hydrogen (secondary N) is 1. The third kappa shape index (κ3) is 4.47. The minimum atomic E-state index is 0.561. The maximum Gasteiger partial charge on any atom is 0.0449 e. The Kier molecular flexibility index (Phi) is 6.38. The first-order chi connectivity index (χ1) is 9.60. The molecule has 0 aromatic heterocycles. The lowest BCUT2D eigenvalue weighted by Crippen LogP contribution is -2.39. The van der Waals surface area contributed by atoms with Crippen LogP contribution in [0.4, 0.5) is 0 Å². The molecular weight excluding hydrogens is 334 g/mol. The van der Waals surface area contributed by atoms with Crippen molar-refractivity contribution in [2.45, 2.75) is 52.0 Å². The van der Waals surface area contributed by atoms with Crippen LogP contribution in [0.3, 0.4) is 0 Å². The number of halogens is 2. The molecule has 1 unspecified atom stereocenters. The van der Waals surface area contributed by atoms with Crippen LogP contribution in [0.15, 0.2) is 22.7 Å². The molecule has 1 aromatic carbocycles. The van der Waals surface area contributed by atoms with Gasteiger partial charge in [-0.3, -0.25) is 0 Å². The van der Waals surface area contributed by atoms with Gasteiger partial charge in [-0.05, 0) is 55.3 Å².